The van der Waals surface area contributed by atoms with Crippen molar-refractivity contribution >= 4 is 23.5 Å². The van der Waals surface area contributed by atoms with Crippen LogP contribution in [0.25, 0.3) is 5.82 Å². The average Bonchev–Trinajstić information content (AvgIpc) is 3.45. The van der Waals surface area contributed by atoms with Gasteiger partial charge in [0.05, 0.1) is 18.7 Å². The van der Waals surface area contributed by atoms with E-state index in [9.17, 15) is 9.59 Å². The van der Waals surface area contributed by atoms with E-state index in [1.807, 2.05) is 11.0 Å². The van der Waals surface area contributed by atoms with Gasteiger partial charge in [-0.2, -0.15) is 10.2 Å². The molecule has 3 aromatic rings. The molecule has 162 valence electrons. The van der Waals surface area contributed by atoms with Gasteiger partial charge in [-0.05, 0) is 19.8 Å². The number of carbonyl (C=O) groups is 2. The molecule has 1 amide bonds. The maximum absolute atomic E-state index is 13.0. The zero-order valence-corrected chi connectivity index (χ0v) is 17.3. The molecule has 1 fully saturated rings. The van der Waals surface area contributed by atoms with Gasteiger partial charge in [-0.1, -0.05) is 0 Å². The quantitative estimate of drug-likeness (QED) is 0.570. The highest BCUT2D eigenvalue weighted by Crippen LogP contribution is 2.24. The van der Waals surface area contributed by atoms with Crippen LogP contribution in [0.15, 0.2) is 31.2 Å². The highest BCUT2D eigenvalue weighted by atomic mass is 16.5. The Hall–Kier alpha value is -3.83. The van der Waals surface area contributed by atoms with Crippen molar-refractivity contribution in [2.75, 3.05) is 29.9 Å². The number of ether oxygens (including phenoxy) is 1. The first-order valence-corrected chi connectivity index (χ1v) is 9.98. The zero-order valence-electron chi connectivity index (χ0n) is 17.3. The van der Waals surface area contributed by atoms with Crippen molar-refractivity contribution in [1.82, 2.24) is 34.5 Å². The summed E-state index contributed by atoms with van der Waals surface area (Å²) in [5.74, 6) is 0.676. The average molecular weight is 425 g/mol. The van der Waals surface area contributed by atoms with Gasteiger partial charge >= 0.3 is 5.97 Å². The molecule has 1 N–H and O–H groups in total. The number of rotatable bonds is 6. The van der Waals surface area contributed by atoms with Crippen LogP contribution in [0.5, 0.6) is 0 Å². The minimum absolute atomic E-state index is 0.176. The molecular formula is C19H23N9O3. The van der Waals surface area contributed by atoms with E-state index in [-0.39, 0.29) is 24.0 Å². The van der Waals surface area contributed by atoms with Gasteiger partial charge in [0.25, 0.3) is 0 Å². The van der Waals surface area contributed by atoms with Gasteiger partial charge in [-0.25, -0.2) is 24.4 Å². The monoisotopic (exact) mass is 425 g/mol. The Kier molecular flexibility index (Phi) is 5.87. The molecule has 4 rings (SSSR count). The molecule has 1 saturated heterocycles. The number of aryl methyl sites for hydroxylation is 1. The molecule has 1 aliphatic heterocycles. The maximum atomic E-state index is 13.0. The first kappa shape index (κ1) is 20.4. The van der Waals surface area contributed by atoms with Crippen LogP contribution < -0.4 is 10.2 Å². The highest BCUT2D eigenvalue weighted by molar-refractivity contribution is 6.00. The standard InChI is InChI=1S/C19H23N9O3/c1-3-31-19(30)14-8-23-26(2)17(14)25-18(29)13-5-4-6-27(9-13)15-7-16(22-11-21-15)28-12-20-10-24-28/h7-8,10-13H,3-6,9H2,1-2H3,(H,25,29). The van der Waals surface area contributed by atoms with Crippen molar-refractivity contribution in [1.29, 1.82) is 0 Å². The summed E-state index contributed by atoms with van der Waals surface area (Å²) >= 11 is 0. The van der Waals surface area contributed by atoms with Gasteiger partial charge in [0.2, 0.25) is 5.91 Å². The fourth-order valence-electron chi connectivity index (χ4n) is 3.52. The first-order valence-electron chi connectivity index (χ1n) is 9.98. The van der Waals surface area contributed by atoms with Gasteiger partial charge < -0.3 is 15.0 Å². The number of hydrogen-bond acceptors (Lipinski definition) is 9. The fraction of sp³-hybridized carbons (Fsp3) is 0.421. The number of nitrogens with zero attached hydrogens (tertiary/aromatic N) is 8. The summed E-state index contributed by atoms with van der Waals surface area (Å²) in [6, 6.07) is 1.81. The molecule has 4 heterocycles. The summed E-state index contributed by atoms with van der Waals surface area (Å²) in [5, 5.41) is 11.0. The Morgan fingerprint density at radius 2 is 2.06 bits per heavy atom. The number of esters is 1. The summed E-state index contributed by atoms with van der Waals surface area (Å²) in [6.07, 6.45) is 7.43. The van der Waals surface area contributed by atoms with Gasteiger partial charge in [-0.3, -0.25) is 9.48 Å². The molecule has 31 heavy (non-hydrogen) atoms. The van der Waals surface area contributed by atoms with E-state index in [4.69, 9.17) is 4.74 Å². The van der Waals surface area contributed by atoms with E-state index in [1.54, 1.807) is 25.0 Å². The van der Waals surface area contributed by atoms with E-state index in [2.05, 4.69) is 30.5 Å². The smallest absolute Gasteiger partial charge is 0.343 e. The summed E-state index contributed by atoms with van der Waals surface area (Å²) in [5.41, 5.74) is 0.235. The fourth-order valence-corrected chi connectivity index (χ4v) is 3.52. The molecule has 0 aromatic carbocycles. The molecule has 1 unspecified atom stereocenters. The van der Waals surface area contributed by atoms with Crippen LogP contribution in [0.1, 0.15) is 30.1 Å². The topological polar surface area (TPSA) is 133 Å². The number of carbonyl (C=O) groups excluding carboxylic acids is 2. The van der Waals surface area contributed by atoms with Crippen LogP contribution in [-0.4, -0.2) is 66.1 Å². The molecule has 1 atom stereocenters. The maximum Gasteiger partial charge on any atom is 0.343 e. The number of amides is 1. The third kappa shape index (κ3) is 4.37. The second kappa shape index (κ2) is 8.90. The number of hydrogen-bond donors (Lipinski definition) is 1. The second-order valence-corrected chi connectivity index (χ2v) is 7.10. The van der Waals surface area contributed by atoms with Gasteiger partial charge in [-0.15, -0.1) is 0 Å². The molecule has 0 radical (unpaired) electrons. The van der Waals surface area contributed by atoms with Crippen LogP contribution in [0, 0.1) is 5.92 Å². The van der Waals surface area contributed by atoms with Crippen molar-refractivity contribution in [2.24, 2.45) is 13.0 Å². The molecule has 12 heteroatoms. The van der Waals surface area contributed by atoms with E-state index in [0.29, 0.717) is 24.0 Å². The predicted molar refractivity (Wildman–Crippen MR) is 110 cm³/mol. The number of nitrogens with one attached hydrogen (secondary N) is 1. The third-order valence-corrected chi connectivity index (χ3v) is 5.08. The summed E-state index contributed by atoms with van der Waals surface area (Å²) < 4.78 is 8.06. The number of piperidine rings is 1. The minimum Gasteiger partial charge on any atom is -0.462 e. The molecule has 0 saturated carbocycles. The lowest BCUT2D eigenvalue weighted by Gasteiger charge is -2.32. The Labute approximate surface area is 178 Å². The van der Waals surface area contributed by atoms with Crippen LogP contribution in [0.4, 0.5) is 11.6 Å². The molecule has 0 aliphatic carbocycles. The van der Waals surface area contributed by atoms with E-state index < -0.39 is 5.97 Å². The van der Waals surface area contributed by atoms with Crippen LogP contribution in [-0.2, 0) is 16.6 Å². The molecule has 12 nitrogen and oxygen atoms in total. The minimum atomic E-state index is -0.516. The molecular weight excluding hydrogens is 402 g/mol. The van der Waals surface area contributed by atoms with E-state index >= 15 is 0 Å². The largest absolute Gasteiger partial charge is 0.462 e. The Bertz CT molecular complexity index is 1060. The number of aromatic nitrogens is 7. The van der Waals surface area contributed by atoms with E-state index in [1.165, 1.54) is 23.5 Å². The van der Waals surface area contributed by atoms with Gasteiger partial charge in [0.15, 0.2) is 5.82 Å². The normalized spacial score (nSPS) is 16.2. The van der Waals surface area contributed by atoms with Gasteiger partial charge in [0.1, 0.15) is 36.2 Å². The summed E-state index contributed by atoms with van der Waals surface area (Å²) in [4.78, 5) is 39.7. The predicted octanol–water partition coefficient (Wildman–Crippen LogP) is 0.823. The first-order chi connectivity index (χ1) is 15.1. The van der Waals surface area contributed by atoms with Crippen LogP contribution in [0.3, 0.4) is 0 Å². The lowest BCUT2D eigenvalue weighted by atomic mass is 9.97. The Morgan fingerprint density at radius 3 is 2.84 bits per heavy atom. The zero-order chi connectivity index (χ0) is 21.8. The number of anilines is 2. The SMILES string of the molecule is CCOC(=O)c1cnn(C)c1NC(=O)C1CCCN(c2cc(-n3cncn3)ncn2)C1. The van der Waals surface area contributed by atoms with E-state index in [0.717, 1.165) is 19.4 Å². The Balaban J connectivity index is 1.47. The highest BCUT2D eigenvalue weighted by Gasteiger charge is 2.29. The van der Waals surface area contributed by atoms with Crippen molar-refractivity contribution in [3.8, 4) is 5.82 Å². The Morgan fingerprint density at radius 1 is 1.23 bits per heavy atom. The molecule has 0 bridgehead atoms. The van der Waals surface area contributed by atoms with Crippen molar-refractivity contribution in [2.45, 2.75) is 19.8 Å². The molecule has 0 spiro atoms. The second-order valence-electron chi connectivity index (χ2n) is 7.10. The lowest BCUT2D eigenvalue weighted by molar-refractivity contribution is -0.120. The molecule has 3 aromatic heterocycles. The van der Waals surface area contributed by atoms with Crippen LogP contribution >= 0.6 is 0 Å². The third-order valence-electron chi connectivity index (χ3n) is 5.08. The van der Waals surface area contributed by atoms with Crippen LogP contribution in [0.2, 0.25) is 0 Å². The van der Waals surface area contributed by atoms with Crippen molar-refractivity contribution < 1.29 is 14.3 Å². The lowest BCUT2D eigenvalue weighted by Crippen LogP contribution is -2.41. The van der Waals surface area contributed by atoms with Gasteiger partial charge in [0, 0.05) is 26.2 Å². The molecule has 1 aliphatic rings. The summed E-state index contributed by atoms with van der Waals surface area (Å²) in [7, 11) is 1.66. The summed E-state index contributed by atoms with van der Waals surface area (Å²) in [6.45, 7) is 3.24. The van der Waals surface area contributed by atoms with Crippen molar-refractivity contribution in [3.63, 3.8) is 0 Å². The van der Waals surface area contributed by atoms with Crippen molar-refractivity contribution in [3.05, 3.63) is 36.8 Å².